The Morgan fingerprint density at radius 1 is 1.08 bits per heavy atom. The maximum absolute atomic E-state index is 12.8. The van der Waals surface area contributed by atoms with E-state index in [0.717, 1.165) is 23.1 Å². The summed E-state index contributed by atoms with van der Waals surface area (Å²) in [6.07, 6.45) is 2.59. The number of hydrogen-bond donors (Lipinski definition) is 1. The Hall–Kier alpha value is -4.39. The molecular weight excluding hydrogens is 478 g/mol. The van der Waals surface area contributed by atoms with Gasteiger partial charge in [0.05, 0.1) is 6.04 Å². The summed E-state index contributed by atoms with van der Waals surface area (Å²) in [4.78, 5) is 31.6. The standard InChI is InChI=1S/C31H31N3O4/c1-3-29(35)34-16-15-23-13-14-25(17-26(23)30(34)24-11-9-21(2)10-12-24)37-20-28-33-27(19-38-28)31(36)32-18-22-7-5-4-6-8-22/h4-14,17,19,30H,3,15-16,18,20H2,1-2H3,(H,32,36)/t30-/m0/s1. The minimum absolute atomic E-state index is 0.0809. The third-order valence-corrected chi connectivity index (χ3v) is 6.80. The van der Waals surface area contributed by atoms with Crippen LogP contribution in [0.3, 0.4) is 0 Å². The van der Waals surface area contributed by atoms with Gasteiger partial charge in [-0.3, -0.25) is 9.59 Å². The van der Waals surface area contributed by atoms with E-state index in [-0.39, 0.29) is 30.2 Å². The second-order valence-electron chi connectivity index (χ2n) is 9.45. The molecule has 7 heteroatoms. The van der Waals surface area contributed by atoms with E-state index in [0.29, 0.717) is 31.2 Å². The first-order chi connectivity index (χ1) is 18.5. The van der Waals surface area contributed by atoms with E-state index >= 15 is 0 Å². The Kier molecular flexibility index (Phi) is 7.54. The number of ether oxygens (including phenoxy) is 1. The fraction of sp³-hybridized carbons (Fsp3) is 0.258. The third kappa shape index (κ3) is 5.62. The van der Waals surface area contributed by atoms with Crippen molar-refractivity contribution in [3.63, 3.8) is 0 Å². The van der Waals surface area contributed by atoms with Crippen LogP contribution in [0, 0.1) is 6.92 Å². The highest BCUT2D eigenvalue weighted by Crippen LogP contribution is 2.37. The number of nitrogens with zero attached hydrogens (tertiary/aromatic N) is 2. The summed E-state index contributed by atoms with van der Waals surface area (Å²) in [6, 6.07) is 23.9. The number of carbonyl (C=O) groups is 2. The first kappa shape index (κ1) is 25.3. The molecule has 0 saturated heterocycles. The quantitative estimate of drug-likeness (QED) is 0.345. The van der Waals surface area contributed by atoms with Crippen LogP contribution >= 0.6 is 0 Å². The molecule has 0 spiro atoms. The highest BCUT2D eigenvalue weighted by Gasteiger charge is 2.31. The van der Waals surface area contributed by atoms with E-state index in [9.17, 15) is 9.59 Å². The van der Waals surface area contributed by atoms with Gasteiger partial charge in [-0.2, -0.15) is 0 Å². The SMILES string of the molecule is CCC(=O)N1CCc2ccc(OCc3nc(C(=O)NCc4ccccc4)co3)cc2[C@@H]1c1ccc(C)cc1. The number of amides is 2. The molecule has 194 valence electrons. The van der Waals surface area contributed by atoms with Gasteiger partial charge < -0.3 is 19.4 Å². The molecule has 1 aliphatic rings. The first-order valence-corrected chi connectivity index (χ1v) is 12.9. The van der Waals surface area contributed by atoms with Gasteiger partial charge in [-0.05, 0) is 47.7 Å². The van der Waals surface area contributed by atoms with E-state index in [1.807, 2.05) is 54.3 Å². The number of aromatic nitrogens is 1. The zero-order valence-corrected chi connectivity index (χ0v) is 21.6. The van der Waals surface area contributed by atoms with Crippen LogP contribution in [0.5, 0.6) is 5.75 Å². The lowest BCUT2D eigenvalue weighted by atomic mass is 9.87. The molecule has 5 rings (SSSR count). The van der Waals surface area contributed by atoms with Gasteiger partial charge in [0.15, 0.2) is 12.3 Å². The molecule has 1 atom stereocenters. The van der Waals surface area contributed by atoms with Crippen LogP contribution in [0.1, 0.15) is 63.6 Å². The van der Waals surface area contributed by atoms with Crippen molar-refractivity contribution in [3.05, 3.63) is 118 Å². The predicted octanol–water partition coefficient (Wildman–Crippen LogP) is 5.38. The summed E-state index contributed by atoms with van der Waals surface area (Å²) in [6.45, 7) is 5.13. The third-order valence-electron chi connectivity index (χ3n) is 6.80. The maximum Gasteiger partial charge on any atom is 0.273 e. The van der Waals surface area contributed by atoms with Crippen molar-refractivity contribution in [2.45, 2.75) is 45.9 Å². The number of hydrogen-bond acceptors (Lipinski definition) is 5. The molecule has 0 fully saturated rings. The van der Waals surface area contributed by atoms with Gasteiger partial charge in [0.25, 0.3) is 5.91 Å². The highest BCUT2D eigenvalue weighted by atomic mass is 16.5. The Morgan fingerprint density at radius 3 is 2.63 bits per heavy atom. The molecule has 0 radical (unpaired) electrons. The Labute approximate surface area is 222 Å². The molecule has 7 nitrogen and oxygen atoms in total. The summed E-state index contributed by atoms with van der Waals surface area (Å²) in [7, 11) is 0. The Balaban J connectivity index is 1.29. The molecule has 1 aromatic heterocycles. The van der Waals surface area contributed by atoms with Crippen LogP contribution in [0.15, 0.2) is 83.5 Å². The van der Waals surface area contributed by atoms with Crippen LogP contribution in [-0.4, -0.2) is 28.2 Å². The molecule has 1 aliphatic heterocycles. The van der Waals surface area contributed by atoms with Crippen molar-refractivity contribution in [1.82, 2.24) is 15.2 Å². The van der Waals surface area contributed by atoms with Crippen molar-refractivity contribution >= 4 is 11.8 Å². The van der Waals surface area contributed by atoms with Gasteiger partial charge in [0, 0.05) is 19.5 Å². The lowest BCUT2D eigenvalue weighted by Crippen LogP contribution is -2.40. The molecule has 3 aromatic carbocycles. The minimum atomic E-state index is -0.306. The second-order valence-corrected chi connectivity index (χ2v) is 9.45. The summed E-state index contributed by atoms with van der Waals surface area (Å²) in [5, 5.41) is 2.84. The van der Waals surface area contributed by atoms with Crippen molar-refractivity contribution in [2.75, 3.05) is 6.54 Å². The maximum atomic E-state index is 12.8. The number of oxazole rings is 1. The molecule has 1 N–H and O–H groups in total. The van der Waals surface area contributed by atoms with Gasteiger partial charge in [-0.15, -0.1) is 0 Å². The molecule has 2 amide bonds. The monoisotopic (exact) mass is 509 g/mol. The van der Waals surface area contributed by atoms with Gasteiger partial charge >= 0.3 is 0 Å². The predicted molar refractivity (Wildman–Crippen MR) is 144 cm³/mol. The Morgan fingerprint density at radius 2 is 1.87 bits per heavy atom. The van der Waals surface area contributed by atoms with E-state index in [4.69, 9.17) is 9.15 Å². The van der Waals surface area contributed by atoms with Gasteiger partial charge in [0.1, 0.15) is 12.0 Å². The molecular formula is C31H31N3O4. The smallest absolute Gasteiger partial charge is 0.273 e. The highest BCUT2D eigenvalue weighted by molar-refractivity contribution is 5.91. The lowest BCUT2D eigenvalue weighted by molar-refractivity contribution is -0.132. The average Bonchev–Trinajstić information content (AvgIpc) is 3.44. The Bertz CT molecular complexity index is 1410. The van der Waals surface area contributed by atoms with E-state index in [2.05, 4.69) is 47.6 Å². The fourth-order valence-electron chi connectivity index (χ4n) is 4.76. The number of aryl methyl sites for hydroxylation is 1. The van der Waals surface area contributed by atoms with Crippen LogP contribution in [0.4, 0.5) is 0 Å². The fourth-order valence-corrected chi connectivity index (χ4v) is 4.76. The van der Waals surface area contributed by atoms with Crippen molar-refractivity contribution in [2.24, 2.45) is 0 Å². The zero-order chi connectivity index (χ0) is 26.5. The van der Waals surface area contributed by atoms with Crippen LogP contribution in [0.25, 0.3) is 0 Å². The molecule has 0 aliphatic carbocycles. The molecule has 0 bridgehead atoms. The molecule has 38 heavy (non-hydrogen) atoms. The van der Waals surface area contributed by atoms with Gasteiger partial charge in [-0.1, -0.05) is 73.2 Å². The average molecular weight is 510 g/mol. The first-order valence-electron chi connectivity index (χ1n) is 12.9. The largest absolute Gasteiger partial charge is 0.484 e. The van der Waals surface area contributed by atoms with Crippen LogP contribution in [-0.2, 0) is 24.4 Å². The van der Waals surface area contributed by atoms with Crippen molar-refractivity contribution < 1.29 is 18.7 Å². The summed E-state index contributed by atoms with van der Waals surface area (Å²) < 4.78 is 11.5. The van der Waals surface area contributed by atoms with Crippen molar-refractivity contribution in [1.29, 1.82) is 0 Å². The van der Waals surface area contributed by atoms with Gasteiger partial charge in [-0.25, -0.2) is 4.98 Å². The summed E-state index contributed by atoms with van der Waals surface area (Å²) in [5.74, 6) is 0.787. The molecule has 4 aromatic rings. The number of rotatable bonds is 8. The van der Waals surface area contributed by atoms with Crippen molar-refractivity contribution in [3.8, 4) is 5.75 Å². The van der Waals surface area contributed by atoms with Crippen LogP contribution in [0.2, 0.25) is 0 Å². The molecule has 2 heterocycles. The lowest BCUT2D eigenvalue weighted by Gasteiger charge is -2.38. The normalized spacial score (nSPS) is 14.6. The molecule has 0 unspecified atom stereocenters. The molecule has 0 saturated carbocycles. The van der Waals surface area contributed by atoms with E-state index < -0.39 is 0 Å². The summed E-state index contributed by atoms with van der Waals surface area (Å²) in [5.41, 5.74) is 5.73. The number of fused-ring (bicyclic) bond motifs is 1. The summed E-state index contributed by atoms with van der Waals surface area (Å²) >= 11 is 0. The van der Waals surface area contributed by atoms with E-state index in [1.165, 1.54) is 17.4 Å². The number of benzene rings is 3. The zero-order valence-electron chi connectivity index (χ0n) is 21.6. The van der Waals surface area contributed by atoms with E-state index in [1.54, 1.807) is 0 Å². The van der Waals surface area contributed by atoms with Gasteiger partial charge in [0.2, 0.25) is 11.8 Å². The number of carbonyl (C=O) groups excluding carboxylic acids is 2. The van der Waals surface area contributed by atoms with Crippen LogP contribution < -0.4 is 10.1 Å². The second kappa shape index (κ2) is 11.3. The topological polar surface area (TPSA) is 84.7 Å². The minimum Gasteiger partial charge on any atom is -0.484 e. The number of nitrogens with one attached hydrogen (secondary N) is 1.